The Kier molecular flexibility index (Phi) is 12.6. The number of ether oxygens (including phenoxy) is 3. The van der Waals surface area contributed by atoms with E-state index in [0.717, 1.165) is 50.5 Å². The average molecular weight is 645 g/mol. The van der Waals surface area contributed by atoms with Crippen LogP contribution in [0.3, 0.4) is 0 Å². The summed E-state index contributed by atoms with van der Waals surface area (Å²) in [5.41, 5.74) is 2.12. The monoisotopic (exact) mass is 644 g/mol. The molecule has 3 aliphatic rings. The van der Waals surface area contributed by atoms with Crippen LogP contribution in [0.25, 0.3) is 0 Å². The Morgan fingerprint density at radius 1 is 0.848 bits per heavy atom. The minimum absolute atomic E-state index is 0.0999. The molecule has 5 rings (SSSR count). The van der Waals surface area contributed by atoms with Crippen LogP contribution in [0.15, 0.2) is 48.6 Å². The summed E-state index contributed by atoms with van der Waals surface area (Å²) in [6, 6.07) is 9.58. The molecule has 0 amide bonds. The van der Waals surface area contributed by atoms with E-state index in [-0.39, 0.29) is 36.6 Å². The van der Waals surface area contributed by atoms with Crippen LogP contribution in [0, 0.1) is 29.4 Å². The smallest absolute Gasteiger partial charge is 0.400 e. The van der Waals surface area contributed by atoms with Gasteiger partial charge in [0.15, 0.2) is 6.29 Å². The first kappa shape index (κ1) is 34.9. The second-order valence-electron chi connectivity index (χ2n) is 13.9. The summed E-state index contributed by atoms with van der Waals surface area (Å²) in [5, 5.41) is 0. The average Bonchev–Trinajstić information content (AvgIpc) is 3.06. The number of hydrogen-bond donors (Lipinski definition) is 0. The number of hydrogen-bond acceptors (Lipinski definition) is 3. The predicted octanol–water partition coefficient (Wildman–Crippen LogP) is 11.3. The van der Waals surface area contributed by atoms with E-state index in [2.05, 4.69) is 6.92 Å². The minimum atomic E-state index is -3.42. The molecule has 3 fully saturated rings. The van der Waals surface area contributed by atoms with Crippen LogP contribution >= 0.6 is 0 Å². The van der Waals surface area contributed by atoms with E-state index in [1.165, 1.54) is 37.8 Å². The molecule has 0 atom stereocenters. The molecule has 2 aromatic rings. The highest BCUT2D eigenvalue weighted by atomic mass is 19.3. The van der Waals surface area contributed by atoms with Crippen LogP contribution in [0.5, 0.6) is 5.75 Å². The Labute approximate surface area is 273 Å². The molecule has 0 unspecified atom stereocenters. The van der Waals surface area contributed by atoms with E-state index < -0.39 is 17.8 Å². The van der Waals surface area contributed by atoms with Crippen molar-refractivity contribution in [2.24, 2.45) is 17.8 Å². The molecule has 1 aliphatic heterocycles. The zero-order valence-electron chi connectivity index (χ0n) is 27.6. The molecule has 1 heterocycles. The molecular formula is C39H52F4O3. The molecule has 0 radical (unpaired) electrons. The van der Waals surface area contributed by atoms with Crippen LogP contribution in [0.2, 0.25) is 0 Å². The van der Waals surface area contributed by atoms with E-state index in [0.29, 0.717) is 54.6 Å². The third kappa shape index (κ3) is 9.15. The van der Waals surface area contributed by atoms with Gasteiger partial charge in [-0.1, -0.05) is 56.5 Å². The van der Waals surface area contributed by atoms with Gasteiger partial charge in [-0.05, 0) is 118 Å². The lowest BCUT2D eigenvalue weighted by Gasteiger charge is -2.38. The first-order chi connectivity index (χ1) is 22.3. The molecule has 1 saturated heterocycles. The number of aryl methyl sites for hydroxylation is 1. The van der Waals surface area contributed by atoms with Gasteiger partial charge in [-0.3, -0.25) is 0 Å². The third-order valence-corrected chi connectivity index (χ3v) is 10.6. The molecule has 0 aromatic heterocycles. The van der Waals surface area contributed by atoms with Crippen molar-refractivity contribution >= 4 is 0 Å². The molecule has 7 heteroatoms. The van der Waals surface area contributed by atoms with Gasteiger partial charge in [-0.15, -0.1) is 0 Å². The van der Waals surface area contributed by atoms with Crippen molar-refractivity contribution in [1.82, 2.24) is 0 Å². The summed E-state index contributed by atoms with van der Waals surface area (Å²) in [4.78, 5) is 0. The van der Waals surface area contributed by atoms with Gasteiger partial charge >= 0.3 is 6.11 Å². The summed E-state index contributed by atoms with van der Waals surface area (Å²) in [5.74, 6) is -0.825. The van der Waals surface area contributed by atoms with E-state index in [4.69, 9.17) is 14.2 Å². The summed E-state index contributed by atoms with van der Waals surface area (Å²) in [7, 11) is 0. The van der Waals surface area contributed by atoms with Crippen molar-refractivity contribution < 1.29 is 31.8 Å². The van der Waals surface area contributed by atoms with Gasteiger partial charge in [-0.2, -0.15) is 8.78 Å². The fraction of sp³-hybridized carbons (Fsp3) is 0.641. The van der Waals surface area contributed by atoms with E-state index in [1.807, 2.05) is 31.2 Å². The lowest BCUT2D eigenvalue weighted by molar-refractivity contribution is -0.229. The van der Waals surface area contributed by atoms with Gasteiger partial charge in [-0.25, -0.2) is 8.78 Å². The Morgan fingerprint density at radius 3 is 2.22 bits per heavy atom. The SMILES string of the molecule is CC=CCCc1ccc(OC(F)(F)C2CCC(c3ccc(C4CCC(C5OCC(CCCCC)CO5)CC4)cc3F)CC2)cc1F. The van der Waals surface area contributed by atoms with E-state index in [1.54, 1.807) is 6.07 Å². The van der Waals surface area contributed by atoms with Crippen molar-refractivity contribution in [3.05, 3.63) is 76.9 Å². The maximum absolute atomic E-state index is 15.4. The zero-order chi connectivity index (χ0) is 32.5. The van der Waals surface area contributed by atoms with E-state index in [9.17, 15) is 4.39 Å². The summed E-state index contributed by atoms with van der Waals surface area (Å²) in [6.45, 7) is 5.70. The first-order valence-corrected chi connectivity index (χ1v) is 17.8. The third-order valence-electron chi connectivity index (χ3n) is 10.6. The van der Waals surface area contributed by atoms with Crippen molar-refractivity contribution in [2.75, 3.05) is 13.2 Å². The molecule has 254 valence electrons. The fourth-order valence-corrected chi connectivity index (χ4v) is 7.71. The van der Waals surface area contributed by atoms with Crippen molar-refractivity contribution in [3.8, 4) is 5.75 Å². The number of benzene rings is 2. The molecule has 2 saturated carbocycles. The normalized spacial score (nSPS) is 27.6. The Bertz CT molecular complexity index is 1260. The number of allylic oxidation sites excluding steroid dienone is 2. The van der Waals surface area contributed by atoms with Crippen LogP contribution in [0.4, 0.5) is 17.6 Å². The molecule has 3 nitrogen and oxygen atoms in total. The zero-order valence-corrected chi connectivity index (χ0v) is 27.6. The molecule has 0 N–H and O–H groups in total. The first-order valence-electron chi connectivity index (χ1n) is 17.8. The van der Waals surface area contributed by atoms with Gasteiger partial charge in [0.25, 0.3) is 0 Å². The molecule has 0 bridgehead atoms. The van der Waals surface area contributed by atoms with Crippen LogP contribution < -0.4 is 4.74 Å². The van der Waals surface area contributed by atoms with Crippen molar-refractivity contribution in [3.63, 3.8) is 0 Å². The highest BCUT2D eigenvalue weighted by Crippen LogP contribution is 2.45. The van der Waals surface area contributed by atoms with Crippen molar-refractivity contribution in [2.45, 2.75) is 128 Å². The number of halogens is 4. The van der Waals surface area contributed by atoms with Crippen LogP contribution in [0.1, 0.15) is 126 Å². The molecule has 2 aliphatic carbocycles. The molecule has 46 heavy (non-hydrogen) atoms. The van der Waals surface area contributed by atoms with Gasteiger partial charge in [0.2, 0.25) is 0 Å². The minimum Gasteiger partial charge on any atom is -0.432 e. The highest BCUT2D eigenvalue weighted by molar-refractivity contribution is 5.31. The second kappa shape index (κ2) is 16.6. The lowest BCUT2D eigenvalue weighted by Crippen LogP contribution is -2.38. The Morgan fingerprint density at radius 2 is 1.57 bits per heavy atom. The number of alkyl halides is 2. The fourth-order valence-electron chi connectivity index (χ4n) is 7.71. The molecule has 0 spiro atoms. The predicted molar refractivity (Wildman–Crippen MR) is 174 cm³/mol. The van der Waals surface area contributed by atoms with Gasteiger partial charge in [0.05, 0.1) is 19.1 Å². The Balaban J connectivity index is 1.08. The second-order valence-corrected chi connectivity index (χ2v) is 13.9. The van der Waals surface area contributed by atoms with Gasteiger partial charge in [0.1, 0.15) is 17.4 Å². The Hall–Kier alpha value is -2.38. The quantitative estimate of drug-likeness (QED) is 0.123. The maximum atomic E-state index is 15.4. The van der Waals surface area contributed by atoms with Gasteiger partial charge < -0.3 is 14.2 Å². The van der Waals surface area contributed by atoms with Crippen molar-refractivity contribution in [1.29, 1.82) is 0 Å². The number of unbranched alkanes of at least 4 members (excludes halogenated alkanes) is 2. The van der Waals surface area contributed by atoms with Crippen LogP contribution in [-0.4, -0.2) is 25.6 Å². The summed E-state index contributed by atoms with van der Waals surface area (Å²) < 4.78 is 77.5. The lowest BCUT2D eigenvalue weighted by atomic mass is 9.76. The number of rotatable bonds is 13. The summed E-state index contributed by atoms with van der Waals surface area (Å²) in [6.07, 6.45) is 11.7. The van der Waals surface area contributed by atoms with Gasteiger partial charge in [0, 0.05) is 17.9 Å². The van der Waals surface area contributed by atoms with Crippen LogP contribution in [-0.2, 0) is 15.9 Å². The highest BCUT2D eigenvalue weighted by Gasteiger charge is 2.44. The topological polar surface area (TPSA) is 27.7 Å². The summed E-state index contributed by atoms with van der Waals surface area (Å²) >= 11 is 0. The van der Waals surface area contributed by atoms with E-state index >= 15 is 13.2 Å². The largest absolute Gasteiger partial charge is 0.432 e. The standard InChI is InChI=1S/C39H52F4O3/c1-3-5-7-9-27-25-44-38(45-26-27)31-13-11-28(12-14-31)32-18-22-35(37(41)23-32)29-15-19-33(20-16-29)39(42,43)46-34-21-17-30(36(40)24-34)10-8-6-4-2/h4,6,17-18,21-24,27-29,31,33,38H,3,5,7-16,19-20,25-26H2,1-2H3. The molecule has 2 aromatic carbocycles. The maximum Gasteiger partial charge on any atom is 0.400 e. The molecular weight excluding hydrogens is 592 g/mol.